The normalized spacial score (nSPS) is 13.9. The number of thiazole rings is 1. The van der Waals surface area contributed by atoms with Crippen LogP contribution < -0.4 is 10.0 Å². The molecule has 0 saturated carbocycles. The summed E-state index contributed by atoms with van der Waals surface area (Å²) in [5.74, 6) is -0.119. The predicted octanol–water partition coefficient (Wildman–Crippen LogP) is 1.96. The Hall–Kier alpha value is -1.81. The summed E-state index contributed by atoms with van der Waals surface area (Å²) in [6, 6.07) is 4.67. The number of hydrogen-bond acceptors (Lipinski definition) is 6. The van der Waals surface area contributed by atoms with Crippen molar-refractivity contribution in [2.75, 3.05) is 18.4 Å². The Morgan fingerprint density at radius 1 is 1.31 bits per heavy atom. The molecule has 0 bridgehead atoms. The quantitative estimate of drug-likeness (QED) is 0.714. The largest absolute Gasteiger partial charge is 0.326 e. The molecule has 0 unspecified atom stereocenters. The van der Waals surface area contributed by atoms with E-state index in [4.69, 9.17) is 0 Å². The molecule has 2 aromatic rings. The zero-order valence-electron chi connectivity index (χ0n) is 14.8. The molecule has 1 aliphatic heterocycles. The zero-order chi connectivity index (χ0) is 18.7. The molecule has 0 fully saturated rings. The number of benzene rings is 1. The summed E-state index contributed by atoms with van der Waals surface area (Å²) in [6.07, 6.45) is 0.208. The Morgan fingerprint density at radius 2 is 2.08 bits per heavy atom. The van der Waals surface area contributed by atoms with Gasteiger partial charge in [-0.25, -0.2) is 18.1 Å². The second-order valence-corrected chi connectivity index (χ2v) is 8.77. The van der Waals surface area contributed by atoms with E-state index in [2.05, 4.69) is 33.8 Å². The predicted molar refractivity (Wildman–Crippen MR) is 102 cm³/mol. The summed E-state index contributed by atoms with van der Waals surface area (Å²) in [7, 11) is -3.65. The minimum absolute atomic E-state index is 0.119. The number of rotatable bonds is 8. The molecule has 7 nitrogen and oxygen atoms in total. The molecule has 1 amide bonds. The molecule has 1 aliphatic rings. The van der Waals surface area contributed by atoms with Crippen molar-refractivity contribution in [2.45, 2.75) is 38.3 Å². The van der Waals surface area contributed by atoms with E-state index in [1.807, 2.05) is 5.38 Å². The molecule has 1 aromatic carbocycles. The standard InChI is InChI=1S/C17H22N4O3S2/c1-3-21(4-2)10-13-11-25-17(19-13)9-18-26(23,24)14-5-6-15-12(7-14)8-16(22)20-15/h5-7,11,18H,3-4,8-10H2,1-2H3,(H,20,22). The van der Waals surface area contributed by atoms with Gasteiger partial charge in [-0.15, -0.1) is 11.3 Å². The Kier molecular flexibility index (Phi) is 5.71. The molecule has 3 rings (SSSR count). The van der Waals surface area contributed by atoms with Crippen molar-refractivity contribution in [1.29, 1.82) is 0 Å². The van der Waals surface area contributed by atoms with Gasteiger partial charge in [0.15, 0.2) is 0 Å². The highest BCUT2D eigenvalue weighted by molar-refractivity contribution is 7.89. The second kappa shape index (κ2) is 7.83. The van der Waals surface area contributed by atoms with Crippen LogP contribution in [-0.2, 0) is 34.3 Å². The summed E-state index contributed by atoms with van der Waals surface area (Å²) in [5.41, 5.74) is 2.33. The van der Waals surface area contributed by atoms with E-state index in [-0.39, 0.29) is 23.8 Å². The number of sulfonamides is 1. The van der Waals surface area contributed by atoms with Gasteiger partial charge in [-0.2, -0.15) is 0 Å². The van der Waals surface area contributed by atoms with E-state index in [1.165, 1.54) is 17.4 Å². The van der Waals surface area contributed by atoms with Crippen LogP contribution in [0.25, 0.3) is 0 Å². The molecule has 0 spiro atoms. The van der Waals surface area contributed by atoms with Gasteiger partial charge >= 0.3 is 0 Å². The first-order chi connectivity index (χ1) is 12.4. The lowest BCUT2D eigenvalue weighted by molar-refractivity contribution is -0.115. The molecule has 2 heterocycles. The van der Waals surface area contributed by atoms with Crippen LogP contribution in [0.5, 0.6) is 0 Å². The van der Waals surface area contributed by atoms with Crippen molar-refractivity contribution in [3.63, 3.8) is 0 Å². The van der Waals surface area contributed by atoms with Gasteiger partial charge in [0.2, 0.25) is 15.9 Å². The number of fused-ring (bicyclic) bond motifs is 1. The van der Waals surface area contributed by atoms with Gasteiger partial charge in [0.25, 0.3) is 0 Å². The molecular weight excluding hydrogens is 372 g/mol. The first kappa shape index (κ1) is 19.0. The number of nitrogens with zero attached hydrogens (tertiary/aromatic N) is 2. The Bertz CT molecular complexity index is 904. The maximum Gasteiger partial charge on any atom is 0.240 e. The van der Waals surface area contributed by atoms with E-state index in [1.54, 1.807) is 12.1 Å². The number of amides is 1. The van der Waals surface area contributed by atoms with E-state index < -0.39 is 10.0 Å². The fourth-order valence-electron chi connectivity index (χ4n) is 2.79. The molecule has 1 aromatic heterocycles. The summed E-state index contributed by atoms with van der Waals surface area (Å²) in [4.78, 5) is 18.3. The van der Waals surface area contributed by atoms with Crippen molar-refractivity contribution in [3.05, 3.63) is 39.8 Å². The van der Waals surface area contributed by atoms with E-state index in [9.17, 15) is 13.2 Å². The van der Waals surface area contributed by atoms with Crippen LogP contribution in [0.1, 0.15) is 30.1 Å². The maximum absolute atomic E-state index is 12.5. The first-order valence-electron chi connectivity index (χ1n) is 8.49. The monoisotopic (exact) mass is 394 g/mol. The molecular formula is C17H22N4O3S2. The SMILES string of the molecule is CCN(CC)Cc1csc(CNS(=O)(=O)c2ccc3c(c2)CC(=O)N3)n1. The van der Waals surface area contributed by atoms with Gasteiger partial charge in [-0.1, -0.05) is 13.8 Å². The number of anilines is 1. The van der Waals surface area contributed by atoms with Gasteiger partial charge in [0, 0.05) is 17.6 Å². The third-order valence-electron chi connectivity index (χ3n) is 4.30. The van der Waals surface area contributed by atoms with Crippen molar-refractivity contribution < 1.29 is 13.2 Å². The average Bonchev–Trinajstić information content (AvgIpc) is 3.22. The lowest BCUT2D eigenvalue weighted by Crippen LogP contribution is -2.24. The number of nitrogens with one attached hydrogen (secondary N) is 2. The van der Waals surface area contributed by atoms with Gasteiger partial charge in [-0.3, -0.25) is 9.69 Å². The minimum atomic E-state index is -3.65. The summed E-state index contributed by atoms with van der Waals surface area (Å²) in [5, 5.41) is 5.39. The minimum Gasteiger partial charge on any atom is -0.326 e. The molecule has 0 radical (unpaired) electrons. The lowest BCUT2D eigenvalue weighted by atomic mass is 10.2. The van der Waals surface area contributed by atoms with Crippen molar-refractivity contribution in [3.8, 4) is 0 Å². The van der Waals surface area contributed by atoms with Gasteiger partial charge < -0.3 is 5.32 Å². The van der Waals surface area contributed by atoms with Crippen molar-refractivity contribution in [1.82, 2.24) is 14.6 Å². The summed E-state index contributed by atoms with van der Waals surface area (Å²) in [6.45, 7) is 7.02. The van der Waals surface area contributed by atoms with Gasteiger partial charge in [-0.05, 0) is 36.9 Å². The molecule has 0 saturated heterocycles. The van der Waals surface area contributed by atoms with Crippen LogP contribution in [-0.4, -0.2) is 37.3 Å². The number of carbonyl (C=O) groups is 1. The van der Waals surface area contributed by atoms with Crippen molar-refractivity contribution in [2.24, 2.45) is 0 Å². The smallest absolute Gasteiger partial charge is 0.240 e. The summed E-state index contributed by atoms with van der Waals surface area (Å²) >= 11 is 1.45. The Labute approximate surface area is 157 Å². The fourth-order valence-corrected chi connectivity index (χ4v) is 4.65. The number of hydrogen-bond donors (Lipinski definition) is 2. The molecule has 9 heteroatoms. The average molecular weight is 395 g/mol. The molecule has 2 N–H and O–H groups in total. The number of carbonyl (C=O) groups excluding carboxylic acids is 1. The second-order valence-electron chi connectivity index (χ2n) is 6.06. The van der Waals surface area contributed by atoms with Crippen LogP contribution in [0.15, 0.2) is 28.5 Å². The molecule has 0 atom stereocenters. The highest BCUT2D eigenvalue weighted by Gasteiger charge is 2.22. The fraction of sp³-hybridized carbons (Fsp3) is 0.412. The first-order valence-corrected chi connectivity index (χ1v) is 10.9. The van der Waals surface area contributed by atoms with Crippen LogP contribution in [0.4, 0.5) is 5.69 Å². The van der Waals surface area contributed by atoms with Crippen LogP contribution in [0, 0.1) is 0 Å². The maximum atomic E-state index is 12.5. The summed E-state index contributed by atoms with van der Waals surface area (Å²) < 4.78 is 27.6. The van der Waals surface area contributed by atoms with Crippen LogP contribution in [0.3, 0.4) is 0 Å². The van der Waals surface area contributed by atoms with E-state index >= 15 is 0 Å². The number of aromatic nitrogens is 1. The van der Waals surface area contributed by atoms with E-state index in [0.717, 1.165) is 30.3 Å². The molecule has 0 aliphatic carbocycles. The van der Waals surface area contributed by atoms with Gasteiger partial charge in [0.1, 0.15) is 5.01 Å². The van der Waals surface area contributed by atoms with Crippen LogP contribution >= 0.6 is 11.3 Å². The Morgan fingerprint density at radius 3 is 2.81 bits per heavy atom. The van der Waals surface area contributed by atoms with E-state index in [0.29, 0.717) is 11.3 Å². The Balaban J connectivity index is 1.65. The van der Waals surface area contributed by atoms with Gasteiger partial charge in [0.05, 0.1) is 23.6 Å². The molecule has 26 heavy (non-hydrogen) atoms. The van der Waals surface area contributed by atoms with Crippen molar-refractivity contribution >= 4 is 33.0 Å². The third-order valence-corrected chi connectivity index (χ3v) is 6.60. The highest BCUT2D eigenvalue weighted by atomic mass is 32.2. The lowest BCUT2D eigenvalue weighted by Gasteiger charge is -2.15. The zero-order valence-corrected chi connectivity index (χ0v) is 16.4. The molecule has 140 valence electrons. The third kappa shape index (κ3) is 4.29. The topological polar surface area (TPSA) is 91.4 Å². The highest BCUT2D eigenvalue weighted by Crippen LogP contribution is 2.25. The van der Waals surface area contributed by atoms with Crippen LogP contribution in [0.2, 0.25) is 0 Å².